The summed E-state index contributed by atoms with van der Waals surface area (Å²) in [6.07, 6.45) is 8.25. The van der Waals surface area contributed by atoms with Crippen LogP contribution in [0, 0.1) is 12.8 Å². The van der Waals surface area contributed by atoms with Gasteiger partial charge < -0.3 is 15.0 Å². The van der Waals surface area contributed by atoms with Crippen LogP contribution in [-0.2, 0) is 10.3 Å². The molecule has 1 unspecified atom stereocenters. The molecule has 2 saturated heterocycles. The maximum atomic E-state index is 12.9. The van der Waals surface area contributed by atoms with Crippen molar-refractivity contribution in [2.75, 3.05) is 0 Å². The van der Waals surface area contributed by atoms with Crippen LogP contribution >= 0.6 is 0 Å². The average molecular weight is 326 g/mol. The van der Waals surface area contributed by atoms with Crippen molar-refractivity contribution >= 4 is 11.4 Å². The Bertz CT molecular complexity index is 767. The summed E-state index contributed by atoms with van der Waals surface area (Å²) in [4.78, 5) is 17.5. The van der Waals surface area contributed by atoms with Gasteiger partial charge in [-0.3, -0.25) is 4.79 Å². The standard InChI is InChI=1S/C19H26N4O/c1-12-5-4-8-23-16(12)11-20-18(23)19(2,3)22-17(24)13-9-14-6-7-15(10-13)21-14/h4-5,8,11,13-15,21H,6-7,9-10H2,1-3H3,(H,22,24)/t13?,14-,15+. The molecule has 2 aromatic rings. The van der Waals surface area contributed by atoms with Crippen LogP contribution in [0.1, 0.15) is 50.9 Å². The molecule has 1 amide bonds. The number of piperidine rings is 1. The van der Waals surface area contributed by atoms with Crippen LogP contribution in [0.2, 0.25) is 0 Å². The van der Waals surface area contributed by atoms with Crippen molar-refractivity contribution in [2.45, 2.75) is 64.1 Å². The zero-order valence-corrected chi connectivity index (χ0v) is 14.7. The van der Waals surface area contributed by atoms with E-state index in [4.69, 9.17) is 0 Å². The molecule has 5 heteroatoms. The Balaban J connectivity index is 1.56. The van der Waals surface area contributed by atoms with Crippen LogP contribution in [0.3, 0.4) is 0 Å². The third-order valence-electron chi connectivity index (χ3n) is 5.62. The summed E-state index contributed by atoms with van der Waals surface area (Å²) >= 11 is 0. The first kappa shape index (κ1) is 15.6. The lowest BCUT2D eigenvalue weighted by atomic mass is 9.90. The molecule has 128 valence electrons. The fourth-order valence-electron chi connectivity index (χ4n) is 4.36. The molecule has 5 nitrogen and oxygen atoms in total. The number of imidazole rings is 1. The van der Waals surface area contributed by atoms with Crippen molar-refractivity contribution in [3.63, 3.8) is 0 Å². The first-order chi connectivity index (χ1) is 11.4. The van der Waals surface area contributed by atoms with E-state index < -0.39 is 5.54 Å². The van der Waals surface area contributed by atoms with Gasteiger partial charge in [0.25, 0.3) is 0 Å². The number of fused-ring (bicyclic) bond motifs is 3. The topological polar surface area (TPSA) is 58.4 Å². The minimum absolute atomic E-state index is 0.121. The number of nitrogens with zero attached hydrogens (tertiary/aromatic N) is 2. The predicted octanol–water partition coefficient (Wildman–Crippen LogP) is 2.52. The maximum absolute atomic E-state index is 12.9. The Hall–Kier alpha value is -1.88. The summed E-state index contributed by atoms with van der Waals surface area (Å²) in [6.45, 7) is 6.16. The van der Waals surface area contributed by atoms with Crippen molar-refractivity contribution in [3.8, 4) is 0 Å². The summed E-state index contributed by atoms with van der Waals surface area (Å²) in [7, 11) is 0. The second-order valence-corrected chi connectivity index (χ2v) is 7.95. The van der Waals surface area contributed by atoms with E-state index in [0.29, 0.717) is 12.1 Å². The summed E-state index contributed by atoms with van der Waals surface area (Å²) in [5.41, 5.74) is 1.78. The second kappa shape index (κ2) is 5.59. The highest BCUT2D eigenvalue weighted by Gasteiger charge is 2.38. The number of hydrogen-bond acceptors (Lipinski definition) is 3. The lowest BCUT2D eigenvalue weighted by Gasteiger charge is -2.32. The van der Waals surface area contributed by atoms with Gasteiger partial charge in [0.15, 0.2) is 0 Å². The Morgan fingerprint density at radius 3 is 2.75 bits per heavy atom. The van der Waals surface area contributed by atoms with Gasteiger partial charge in [0.05, 0.1) is 17.3 Å². The van der Waals surface area contributed by atoms with Crippen LogP contribution in [0.15, 0.2) is 24.5 Å². The minimum Gasteiger partial charge on any atom is -0.344 e. The van der Waals surface area contributed by atoms with E-state index in [1.54, 1.807) is 0 Å². The lowest BCUT2D eigenvalue weighted by Crippen LogP contribution is -2.49. The highest BCUT2D eigenvalue weighted by Crippen LogP contribution is 2.32. The number of rotatable bonds is 3. The molecule has 4 rings (SSSR count). The highest BCUT2D eigenvalue weighted by atomic mass is 16.2. The molecular weight excluding hydrogens is 300 g/mol. The summed E-state index contributed by atoms with van der Waals surface area (Å²) in [6, 6.07) is 5.16. The summed E-state index contributed by atoms with van der Waals surface area (Å²) in [5.74, 6) is 1.17. The maximum Gasteiger partial charge on any atom is 0.224 e. The molecule has 24 heavy (non-hydrogen) atoms. The lowest BCUT2D eigenvalue weighted by molar-refractivity contribution is -0.128. The number of aryl methyl sites for hydroxylation is 1. The second-order valence-electron chi connectivity index (χ2n) is 7.95. The number of nitrogens with one attached hydrogen (secondary N) is 2. The van der Waals surface area contributed by atoms with Gasteiger partial charge in [-0.2, -0.15) is 0 Å². The SMILES string of the molecule is Cc1cccn2c(C(C)(C)NC(=O)C3C[C@H]4CC[C@@H](C3)N4)ncc12. The molecule has 2 bridgehead atoms. The van der Waals surface area contributed by atoms with E-state index in [1.165, 1.54) is 18.4 Å². The Labute approximate surface area is 142 Å². The smallest absolute Gasteiger partial charge is 0.224 e. The van der Waals surface area contributed by atoms with E-state index in [2.05, 4.69) is 33.0 Å². The van der Waals surface area contributed by atoms with Gasteiger partial charge in [0, 0.05) is 24.2 Å². The fraction of sp³-hybridized carbons (Fsp3) is 0.579. The molecule has 2 aromatic heterocycles. The zero-order valence-electron chi connectivity index (χ0n) is 14.7. The van der Waals surface area contributed by atoms with Crippen LogP contribution in [0.4, 0.5) is 0 Å². The van der Waals surface area contributed by atoms with Crippen molar-refractivity contribution in [1.29, 1.82) is 0 Å². The van der Waals surface area contributed by atoms with E-state index in [0.717, 1.165) is 24.2 Å². The van der Waals surface area contributed by atoms with Gasteiger partial charge in [0.1, 0.15) is 5.82 Å². The third-order valence-corrected chi connectivity index (χ3v) is 5.62. The van der Waals surface area contributed by atoms with Gasteiger partial charge in [-0.15, -0.1) is 0 Å². The number of carbonyl (C=O) groups excluding carboxylic acids is 1. The quantitative estimate of drug-likeness (QED) is 0.911. The average Bonchev–Trinajstić information content (AvgIpc) is 3.11. The molecule has 0 saturated carbocycles. The Kier molecular flexibility index (Phi) is 3.64. The minimum atomic E-state index is -0.499. The van der Waals surface area contributed by atoms with E-state index in [9.17, 15) is 4.79 Å². The number of pyridine rings is 1. The van der Waals surface area contributed by atoms with E-state index in [-0.39, 0.29) is 11.8 Å². The number of carbonyl (C=O) groups is 1. The van der Waals surface area contributed by atoms with Crippen molar-refractivity contribution in [2.24, 2.45) is 5.92 Å². The first-order valence-corrected chi connectivity index (χ1v) is 8.95. The third kappa shape index (κ3) is 2.61. The molecular formula is C19H26N4O. The number of aromatic nitrogens is 2. The fourth-order valence-corrected chi connectivity index (χ4v) is 4.36. The molecule has 2 aliphatic heterocycles. The van der Waals surface area contributed by atoms with Gasteiger partial charge in [0.2, 0.25) is 5.91 Å². The zero-order chi connectivity index (χ0) is 16.9. The molecule has 0 aromatic carbocycles. The van der Waals surface area contributed by atoms with Crippen molar-refractivity contribution in [1.82, 2.24) is 20.0 Å². The molecule has 2 fully saturated rings. The van der Waals surface area contributed by atoms with Crippen LogP contribution in [0.25, 0.3) is 5.52 Å². The molecule has 0 spiro atoms. The monoisotopic (exact) mass is 326 g/mol. The number of hydrogen-bond donors (Lipinski definition) is 2. The molecule has 2 N–H and O–H groups in total. The highest BCUT2D eigenvalue weighted by molar-refractivity contribution is 5.79. The van der Waals surface area contributed by atoms with Crippen molar-refractivity contribution < 1.29 is 4.79 Å². The Morgan fingerprint density at radius 2 is 2.04 bits per heavy atom. The van der Waals surface area contributed by atoms with Crippen LogP contribution in [-0.4, -0.2) is 27.4 Å². The molecule has 4 heterocycles. The van der Waals surface area contributed by atoms with Crippen LogP contribution < -0.4 is 10.6 Å². The van der Waals surface area contributed by atoms with Crippen LogP contribution in [0.5, 0.6) is 0 Å². The number of amides is 1. The summed E-state index contributed by atoms with van der Waals surface area (Å²) in [5, 5.41) is 6.86. The van der Waals surface area contributed by atoms with Gasteiger partial charge in [-0.1, -0.05) is 6.07 Å². The largest absolute Gasteiger partial charge is 0.344 e. The molecule has 0 aliphatic carbocycles. The van der Waals surface area contributed by atoms with Gasteiger partial charge in [-0.05, 0) is 58.1 Å². The van der Waals surface area contributed by atoms with E-state index in [1.807, 2.05) is 32.3 Å². The summed E-state index contributed by atoms with van der Waals surface area (Å²) < 4.78 is 2.09. The van der Waals surface area contributed by atoms with Crippen molar-refractivity contribution in [3.05, 3.63) is 35.9 Å². The van der Waals surface area contributed by atoms with E-state index >= 15 is 0 Å². The first-order valence-electron chi connectivity index (χ1n) is 8.95. The molecule has 2 aliphatic rings. The predicted molar refractivity (Wildman–Crippen MR) is 93.8 cm³/mol. The molecule has 3 atom stereocenters. The Morgan fingerprint density at radius 1 is 1.33 bits per heavy atom. The van der Waals surface area contributed by atoms with Gasteiger partial charge in [-0.25, -0.2) is 4.98 Å². The normalized spacial score (nSPS) is 26.7. The van der Waals surface area contributed by atoms with Gasteiger partial charge >= 0.3 is 0 Å². The molecule has 0 radical (unpaired) electrons.